The Labute approximate surface area is 234 Å². The first-order valence-corrected chi connectivity index (χ1v) is 13.6. The Hall–Kier alpha value is -4.45. The number of ether oxygens (including phenoxy) is 1. The lowest BCUT2D eigenvalue weighted by molar-refractivity contribution is -0.209. The normalized spacial score (nSPS) is 21.0. The molecule has 0 amide bonds. The van der Waals surface area contributed by atoms with E-state index in [4.69, 9.17) is 9.72 Å². The van der Waals surface area contributed by atoms with E-state index in [-0.39, 0.29) is 17.7 Å². The predicted octanol–water partition coefficient (Wildman–Crippen LogP) is 4.12. The fourth-order valence-electron chi connectivity index (χ4n) is 6.17. The highest BCUT2D eigenvalue weighted by Gasteiger charge is 2.68. The summed E-state index contributed by atoms with van der Waals surface area (Å²) in [6.07, 6.45) is 12.3. The molecule has 0 spiro atoms. The molecule has 1 N–H and O–H groups in total. The molecule has 3 fully saturated rings. The van der Waals surface area contributed by atoms with Gasteiger partial charge in [-0.25, -0.2) is 23.2 Å². The summed E-state index contributed by atoms with van der Waals surface area (Å²) in [4.78, 5) is 21.3. The van der Waals surface area contributed by atoms with Crippen molar-refractivity contribution in [1.82, 2.24) is 39.2 Å². The van der Waals surface area contributed by atoms with Gasteiger partial charge in [0.2, 0.25) is 0 Å². The number of imidazole rings is 1. The maximum atomic E-state index is 14.0. The minimum atomic E-state index is -0.863. The third kappa shape index (κ3) is 4.77. The number of halogens is 2. The van der Waals surface area contributed by atoms with Crippen LogP contribution in [0.2, 0.25) is 0 Å². The van der Waals surface area contributed by atoms with Gasteiger partial charge >= 0.3 is 5.97 Å². The second kappa shape index (κ2) is 9.58. The number of nitrogens with zero attached hydrogens (tertiary/aromatic N) is 7. The molecule has 0 aromatic carbocycles. The van der Waals surface area contributed by atoms with E-state index in [1.807, 2.05) is 16.7 Å². The van der Waals surface area contributed by atoms with E-state index < -0.39 is 17.5 Å². The monoisotopic (exact) mass is 558 g/mol. The average Bonchev–Trinajstić information content (AvgIpc) is 3.65. The number of carbonyl (C=O) groups is 1. The molecule has 3 aliphatic carbocycles. The summed E-state index contributed by atoms with van der Waals surface area (Å²) in [5, 5.41) is 12.0. The lowest BCUT2D eigenvalue weighted by Crippen LogP contribution is -2.67. The molecule has 41 heavy (non-hydrogen) atoms. The molecule has 0 saturated heterocycles. The van der Waals surface area contributed by atoms with E-state index in [9.17, 15) is 13.6 Å². The van der Waals surface area contributed by atoms with E-state index in [2.05, 4.69) is 32.9 Å². The Morgan fingerprint density at radius 2 is 1.98 bits per heavy atom. The molecular formula is C29H28F2N8O2. The van der Waals surface area contributed by atoms with Crippen molar-refractivity contribution < 1.29 is 18.3 Å². The third-order valence-corrected chi connectivity index (χ3v) is 7.90. The van der Waals surface area contributed by atoms with Gasteiger partial charge in [-0.05, 0) is 49.3 Å². The molecule has 5 aromatic rings. The smallest absolute Gasteiger partial charge is 0.355 e. The largest absolute Gasteiger partial charge is 0.461 e. The van der Waals surface area contributed by atoms with Gasteiger partial charge in [0.25, 0.3) is 0 Å². The standard InChI is InChI=1S/C29H28F2N8O2/c1-2-41-27(40)25-6-21(30)11-39(25)23-5-20(8-32-9-23)24-14-38(36-35-24)13-22-12-37-10-19(3-4-26(37)34-22)7-33-18-28-15-29(31,16-28)17-28/h3-6,8-12,14,33H,2,7,13,15-18H2,1H3. The van der Waals surface area contributed by atoms with Crippen LogP contribution in [0.5, 0.6) is 0 Å². The van der Waals surface area contributed by atoms with Gasteiger partial charge in [0, 0.05) is 49.5 Å². The second-order valence-corrected chi connectivity index (χ2v) is 11.2. The Morgan fingerprint density at radius 1 is 1.12 bits per heavy atom. The second-order valence-electron chi connectivity index (χ2n) is 11.2. The molecule has 0 radical (unpaired) electrons. The van der Waals surface area contributed by atoms with Crippen LogP contribution in [0.25, 0.3) is 22.6 Å². The van der Waals surface area contributed by atoms with E-state index in [1.54, 1.807) is 30.1 Å². The number of esters is 1. The first-order chi connectivity index (χ1) is 19.8. The summed E-state index contributed by atoms with van der Waals surface area (Å²) in [6, 6.07) is 6.92. The Kier molecular flexibility index (Phi) is 5.96. The third-order valence-electron chi connectivity index (χ3n) is 7.90. The number of rotatable bonds is 10. The summed E-state index contributed by atoms with van der Waals surface area (Å²) < 4.78 is 37.9. The summed E-state index contributed by atoms with van der Waals surface area (Å²) in [7, 11) is 0. The van der Waals surface area contributed by atoms with Crippen LogP contribution in [0.1, 0.15) is 47.9 Å². The zero-order valence-electron chi connectivity index (χ0n) is 22.4. The van der Waals surface area contributed by atoms with Gasteiger partial charge in [-0.2, -0.15) is 0 Å². The molecule has 10 nitrogen and oxygen atoms in total. The van der Waals surface area contributed by atoms with Crippen LogP contribution >= 0.6 is 0 Å². The molecule has 3 aliphatic rings. The van der Waals surface area contributed by atoms with Gasteiger partial charge < -0.3 is 19.0 Å². The molecule has 210 valence electrons. The highest BCUT2D eigenvalue weighted by atomic mass is 19.1. The lowest BCUT2D eigenvalue weighted by Gasteiger charge is -2.66. The number of nitrogens with one attached hydrogen (secondary N) is 1. The number of hydrogen-bond donors (Lipinski definition) is 1. The summed E-state index contributed by atoms with van der Waals surface area (Å²) in [5.41, 5.74) is 3.90. The highest BCUT2D eigenvalue weighted by molar-refractivity contribution is 5.88. The molecule has 8 rings (SSSR count). The number of hydrogen-bond acceptors (Lipinski definition) is 7. The molecule has 12 heteroatoms. The number of carbonyl (C=O) groups excluding carboxylic acids is 1. The van der Waals surface area contributed by atoms with Crippen LogP contribution in [-0.2, 0) is 17.8 Å². The minimum absolute atomic E-state index is 0.0713. The van der Waals surface area contributed by atoms with Gasteiger partial charge in [0.05, 0.1) is 36.9 Å². The van der Waals surface area contributed by atoms with Crippen molar-refractivity contribution in [2.45, 2.75) is 44.9 Å². The number of pyridine rings is 2. The average molecular weight is 559 g/mol. The fraction of sp³-hybridized carbons (Fsp3) is 0.345. The molecule has 0 unspecified atom stereocenters. The Morgan fingerprint density at radius 3 is 2.78 bits per heavy atom. The Balaban J connectivity index is 1.03. The zero-order chi connectivity index (χ0) is 28.2. The van der Waals surface area contributed by atoms with Crippen LogP contribution < -0.4 is 5.32 Å². The molecular weight excluding hydrogens is 530 g/mol. The van der Waals surface area contributed by atoms with Crippen molar-refractivity contribution in [3.8, 4) is 16.9 Å². The van der Waals surface area contributed by atoms with Crippen LogP contribution in [-0.4, -0.2) is 58.7 Å². The van der Waals surface area contributed by atoms with Crippen LogP contribution in [0.15, 0.2) is 61.4 Å². The lowest BCUT2D eigenvalue weighted by atomic mass is 9.42. The molecule has 0 atom stereocenters. The van der Waals surface area contributed by atoms with Crippen LogP contribution in [0.3, 0.4) is 0 Å². The van der Waals surface area contributed by atoms with Crippen LogP contribution in [0.4, 0.5) is 8.78 Å². The number of alkyl halides is 1. The van der Waals surface area contributed by atoms with E-state index >= 15 is 0 Å². The number of fused-ring (bicyclic) bond motifs is 1. The summed E-state index contributed by atoms with van der Waals surface area (Å²) in [5.74, 6) is -1.18. The number of aromatic nitrogens is 7. The highest BCUT2D eigenvalue weighted by Crippen LogP contribution is 2.69. The van der Waals surface area contributed by atoms with E-state index in [1.165, 1.54) is 17.0 Å². The summed E-state index contributed by atoms with van der Waals surface area (Å²) >= 11 is 0. The van der Waals surface area contributed by atoms with Gasteiger partial charge in [-0.3, -0.25) is 4.98 Å². The van der Waals surface area contributed by atoms with Gasteiger partial charge in [0.1, 0.15) is 28.5 Å². The van der Waals surface area contributed by atoms with Crippen molar-refractivity contribution in [1.29, 1.82) is 0 Å². The SMILES string of the molecule is CCOC(=O)c1cc(F)cn1-c1cncc(-c2cn(Cc3cn4cc(CNCC56CC(F)(C5)C6)ccc4n3)nn2)c1. The Bertz CT molecular complexity index is 1750. The zero-order valence-corrected chi connectivity index (χ0v) is 22.4. The fourth-order valence-corrected chi connectivity index (χ4v) is 6.17. The predicted molar refractivity (Wildman–Crippen MR) is 145 cm³/mol. The van der Waals surface area contributed by atoms with Gasteiger partial charge in [-0.1, -0.05) is 11.3 Å². The van der Waals surface area contributed by atoms with Crippen LogP contribution in [0, 0.1) is 11.2 Å². The van der Waals surface area contributed by atoms with Gasteiger partial charge in [-0.15, -0.1) is 5.10 Å². The molecule has 2 bridgehead atoms. The topological polar surface area (TPSA) is 104 Å². The summed E-state index contributed by atoms with van der Waals surface area (Å²) in [6.45, 7) is 3.87. The maximum absolute atomic E-state index is 14.0. The van der Waals surface area contributed by atoms with E-state index in [0.717, 1.165) is 36.1 Å². The van der Waals surface area contributed by atoms with E-state index in [0.29, 0.717) is 42.8 Å². The first kappa shape index (κ1) is 25.5. The molecule has 0 aliphatic heterocycles. The quantitative estimate of drug-likeness (QED) is 0.257. The maximum Gasteiger partial charge on any atom is 0.355 e. The van der Waals surface area contributed by atoms with Crippen molar-refractivity contribution in [2.24, 2.45) is 5.41 Å². The first-order valence-electron chi connectivity index (χ1n) is 13.6. The molecule has 3 saturated carbocycles. The van der Waals surface area contributed by atoms with Crippen molar-refractivity contribution in [3.63, 3.8) is 0 Å². The van der Waals surface area contributed by atoms with Gasteiger partial charge in [0.15, 0.2) is 0 Å². The van der Waals surface area contributed by atoms with Crippen molar-refractivity contribution in [2.75, 3.05) is 13.2 Å². The molecule has 5 aromatic heterocycles. The van der Waals surface area contributed by atoms with Crippen molar-refractivity contribution >= 4 is 11.6 Å². The molecule has 5 heterocycles. The minimum Gasteiger partial charge on any atom is -0.461 e. The van der Waals surface area contributed by atoms with Crippen molar-refractivity contribution in [3.05, 3.63) is 84.2 Å².